The molecule has 0 spiro atoms. The molecule has 2 aromatic heterocycles. The molecule has 3 N–H and O–H groups in total. The minimum atomic E-state index is -0.806. The number of nitriles is 1. The van der Waals surface area contributed by atoms with E-state index >= 15 is 4.39 Å². The molecule has 5 rings (SSSR count). The van der Waals surface area contributed by atoms with E-state index in [9.17, 15) is 10.1 Å². The minimum absolute atomic E-state index is 0.0979. The van der Waals surface area contributed by atoms with E-state index in [0.29, 0.717) is 28.5 Å². The molecule has 0 radical (unpaired) electrons. The van der Waals surface area contributed by atoms with E-state index in [1.807, 2.05) is 38.1 Å². The number of para-hydroxylation sites is 1. The highest BCUT2D eigenvalue weighted by Gasteiger charge is 2.30. The number of hydrogen-bond donors (Lipinski definition) is 2. The van der Waals surface area contributed by atoms with Crippen LogP contribution in [0.2, 0.25) is 0 Å². The molecule has 1 amide bonds. The van der Waals surface area contributed by atoms with Crippen LogP contribution in [0, 0.1) is 23.1 Å². The maximum atomic E-state index is 15.4. The van der Waals surface area contributed by atoms with E-state index < -0.39 is 17.3 Å². The summed E-state index contributed by atoms with van der Waals surface area (Å²) in [5.74, 6) is 0.365. The molecule has 10 heteroatoms. The Morgan fingerprint density at radius 3 is 2.68 bits per heavy atom. The number of aromatic nitrogens is 4. The molecule has 2 aromatic carbocycles. The minimum Gasteiger partial charge on any atom is -0.457 e. The fourth-order valence-electron chi connectivity index (χ4n) is 4.09. The van der Waals surface area contributed by atoms with E-state index in [1.54, 1.807) is 35.0 Å². The molecular formula is C28H26FN7O2. The number of anilines is 1. The maximum absolute atomic E-state index is 15.4. The number of benzene rings is 2. The average Bonchev–Trinajstić information content (AvgIpc) is 3.64. The number of carbonyl (C=O) groups is 1. The molecule has 0 bridgehead atoms. The Bertz CT molecular complexity index is 1580. The van der Waals surface area contributed by atoms with Gasteiger partial charge >= 0.3 is 0 Å². The van der Waals surface area contributed by atoms with Gasteiger partial charge in [-0.2, -0.15) is 10.4 Å². The number of nitrogens with zero attached hydrogens (tertiary/aromatic N) is 5. The van der Waals surface area contributed by atoms with Crippen molar-refractivity contribution in [2.75, 3.05) is 12.3 Å². The summed E-state index contributed by atoms with van der Waals surface area (Å²) in [6, 6.07) is 15.6. The first-order valence-electron chi connectivity index (χ1n) is 12.2. The van der Waals surface area contributed by atoms with Crippen LogP contribution in [0.5, 0.6) is 11.5 Å². The lowest BCUT2D eigenvalue weighted by molar-refractivity contribution is -0.117. The Balaban J connectivity index is 1.47. The highest BCUT2D eigenvalue weighted by atomic mass is 19.1. The quantitative estimate of drug-likeness (QED) is 0.258. The summed E-state index contributed by atoms with van der Waals surface area (Å²) < 4.78 is 22.7. The lowest BCUT2D eigenvalue weighted by Crippen LogP contribution is -2.42. The Morgan fingerprint density at radius 2 is 2.00 bits per heavy atom. The van der Waals surface area contributed by atoms with Crippen LogP contribution in [0.25, 0.3) is 22.3 Å². The van der Waals surface area contributed by atoms with Crippen LogP contribution in [-0.4, -0.2) is 32.2 Å². The van der Waals surface area contributed by atoms with Crippen LogP contribution >= 0.6 is 0 Å². The molecule has 38 heavy (non-hydrogen) atoms. The van der Waals surface area contributed by atoms with E-state index in [-0.39, 0.29) is 29.2 Å². The van der Waals surface area contributed by atoms with Gasteiger partial charge in [-0.15, -0.1) is 0 Å². The van der Waals surface area contributed by atoms with Crippen molar-refractivity contribution >= 4 is 22.8 Å². The topological polar surface area (TPSA) is 132 Å². The van der Waals surface area contributed by atoms with E-state index in [0.717, 1.165) is 12.8 Å². The first kappa shape index (κ1) is 24.9. The van der Waals surface area contributed by atoms with Gasteiger partial charge in [0.2, 0.25) is 0 Å². The van der Waals surface area contributed by atoms with Gasteiger partial charge in [0, 0.05) is 18.2 Å². The fraction of sp³-hybridized carbons (Fsp3) is 0.250. The summed E-state index contributed by atoms with van der Waals surface area (Å²) in [5.41, 5.74) is 6.36. The molecule has 2 heterocycles. The Hall–Kier alpha value is -4.78. The maximum Gasteiger partial charge on any atom is 0.261 e. The van der Waals surface area contributed by atoms with Crippen molar-refractivity contribution in [2.45, 2.75) is 32.2 Å². The van der Waals surface area contributed by atoms with E-state index in [2.05, 4.69) is 15.3 Å². The lowest BCUT2D eigenvalue weighted by Gasteiger charge is -2.26. The zero-order valence-corrected chi connectivity index (χ0v) is 21.0. The van der Waals surface area contributed by atoms with Gasteiger partial charge in [0.1, 0.15) is 46.8 Å². The molecule has 1 aliphatic carbocycles. The molecule has 0 saturated heterocycles. The van der Waals surface area contributed by atoms with Crippen molar-refractivity contribution in [2.24, 2.45) is 5.92 Å². The standard InChI is InChI=1S/C28H26FN7O2/c1-28(2,15-32-27(37)18(14-30)12-17-8-9-17)36-26-23(25(31)33-16-34-26)24(35-36)21-11-10-20(13-22(21)29)38-19-6-4-3-5-7-19/h3-7,10-13,16-17H,8-9,15H2,1-2H3,(H,32,37)(H2,31,33,34)/b18-12-. The van der Waals surface area contributed by atoms with E-state index in [1.165, 1.54) is 12.4 Å². The highest BCUT2D eigenvalue weighted by molar-refractivity contribution is 5.99. The number of ether oxygens (including phenoxy) is 1. The monoisotopic (exact) mass is 511 g/mol. The first-order chi connectivity index (χ1) is 18.3. The second-order valence-corrected chi connectivity index (χ2v) is 9.80. The molecule has 1 saturated carbocycles. The van der Waals surface area contributed by atoms with Gasteiger partial charge in [-0.05, 0) is 56.9 Å². The van der Waals surface area contributed by atoms with Crippen LogP contribution in [0.3, 0.4) is 0 Å². The van der Waals surface area contributed by atoms with Gasteiger partial charge in [0.15, 0.2) is 5.65 Å². The number of hydrogen-bond acceptors (Lipinski definition) is 7. The zero-order valence-electron chi connectivity index (χ0n) is 21.0. The smallest absolute Gasteiger partial charge is 0.261 e. The number of carbonyl (C=O) groups excluding carboxylic acids is 1. The number of allylic oxidation sites excluding steroid dienone is 1. The molecule has 0 unspecified atom stereocenters. The lowest BCUT2D eigenvalue weighted by atomic mass is 10.1. The van der Waals surface area contributed by atoms with Crippen LogP contribution in [0.1, 0.15) is 26.7 Å². The summed E-state index contributed by atoms with van der Waals surface area (Å²) in [6.07, 6.45) is 5.01. The SMILES string of the molecule is CC(C)(CNC(=O)/C(C#N)=C\C1CC1)n1nc(-c2ccc(Oc3ccccc3)cc2F)c2c(N)ncnc21. The summed E-state index contributed by atoms with van der Waals surface area (Å²) in [5, 5.41) is 17.3. The largest absolute Gasteiger partial charge is 0.457 e. The summed E-state index contributed by atoms with van der Waals surface area (Å²) in [6.45, 7) is 3.85. The number of fused-ring (bicyclic) bond motifs is 1. The number of amides is 1. The average molecular weight is 512 g/mol. The number of halogens is 1. The van der Waals surface area contributed by atoms with Crippen molar-refractivity contribution in [3.63, 3.8) is 0 Å². The predicted octanol–water partition coefficient (Wildman–Crippen LogP) is 4.72. The van der Waals surface area contributed by atoms with Crippen molar-refractivity contribution in [1.82, 2.24) is 25.1 Å². The number of rotatable bonds is 8. The van der Waals surface area contributed by atoms with Crippen molar-refractivity contribution in [3.05, 3.63) is 72.3 Å². The summed E-state index contributed by atoms with van der Waals surface area (Å²) in [4.78, 5) is 21.1. The van der Waals surface area contributed by atoms with Crippen LogP contribution in [0.4, 0.5) is 10.2 Å². The van der Waals surface area contributed by atoms with Crippen LogP contribution < -0.4 is 15.8 Å². The summed E-state index contributed by atoms with van der Waals surface area (Å²) >= 11 is 0. The number of nitrogens with one attached hydrogen (secondary N) is 1. The second-order valence-electron chi connectivity index (χ2n) is 9.80. The summed E-state index contributed by atoms with van der Waals surface area (Å²) in [7, 11) is 0. The Kier molecular flexibility index (Phi) is 6.51. The van der Waals surface area contributed by atoms with Crippen LogP contribution in [0.15, 0.2) is 66.5 Å². The Morgan fingerprint density at radius 1 is 1.24 bits per heavy atom. The molecule has 192 valence electrons. The molecule has 9 nitrogen and oxygen atoms in total. The third kappa shape index (κ3) is 5.04. The van der Waals surface area contributed by atoms with E-state index in [4.69, 9.17) is 15.6 Å². The molecule has 1 aliphatic rings. The third-order valence-corrected chi connectivity index (χ3v) is 6.31. The van der Waals surface area contributed by atoms with Gasteiger partial charge in [0.25, 0.3) is 5.91 Å². The van der Waals surface area contributed by atoms with Gasteiger partial charge in [-0.1, -0.05) is 24.3 Å². The molecule has 4 aromatic rings. The van der Waals surface area contributed by atoms with Crippen LogP contribution in [-0.2, 0) is 10.3 Å². The normalized spacial score (nSPS) is 13.8. The predicted molar refractivity (Wildman–Crippen MR) is 140 cm³/mol. The number of nitrogens with two attached hydrogens (primary N) is 1. The van der Waals surface area contributed by atoms with Gasteiger partial charge in [-0.3, -0.25) is 4.79 Å². The van der Waals surface area contributed by atoms with Crippen molar-refractivity contribution < 1.29 is 13.9 Å². The fourth-order valence-corrected chi connectivity index (χ4v) is 4.09. The molecule has 0 atom stereocenters. The van der Waals surface area contributed by atoms with Gasteiger partial charge in [0.05, 0.1) is 10.9 Å². The first-order valence-corrected chi connectivity index (χ1v) is 12.2. The molecular weight excluding hydrogens is 485 g/mol. The Labute approximate surface area is 218 Å². The molecule has 0 aliphatic heterocycles. The molecule has 1 fully saturated rings. The van der Waals surface area contributed by atoms with Crippen molar-refractivity contribution in [3.8, 4) is 28.8 Å². The van der Waals surface area contributed by atoms with Gasteiger partial charge < -0.3 is 15.8 Å². The third-order valence-electron chi connectivity index (χ3n) is 6.31. The zero-order chi connectivity index (χ0) is 26.9. The second kappa shape index (κ2) is 9.94. The highest BCUT2D eigenvalue weighted by Crippen LogP contribution is 2.36. The van der Waals surface area contributed by atoms with Gasteiger partial charge in [-0.25, -0.2) is 19.0 Å². The van der Waals surface area contributed by atoms with Crippen molar-refractivity contribution in [1.29, 1.82) is 5.26 Å². The number of nitrogen functional groups attached to an aromatic ring is 1.